The van der Waals surface area contributed by atoms with Crippen LogP contribution in [0.4, 0.5) is 0 Å². The van der Waals surface area contributed by atoms with Gasteiger partial charge in [-0.15, -0.1) is 21.5 Å². The molecule has 7 nitrogen and oxygen atoms in total. The molecule has 0 saturated heterocycles. The molecular weight excluding hydrogens is 470 g/mol. The van der Waals surface area contributed by atoms with Crippen molar-refractivity contribution in [2.75, 3.05) is 20.6 Å². The topological polar surface area (TPSA) is 72.6 Å². The van der Waals surface area contributed by atoms with E-state index in [9.17, 15) is 4.79 Å². The fraction of sp³-hybridized carbons (Fsp3) is 0.429. The van der Waals surface area contributed by atoms with Gasteiger partial charge in [-0.2, -0.15) is 0 Å². The third-order valence-electron chi connectivity index (χ3n) is 5.81. The minimum absolute atomic E-state index is 0.0833. The first kappa shape index (κ1) is 25.8. The standard InChI is InChI=1S/C28H33N5O2S/c1-17-18(2)36-27-24(17)25(21-13-11-20(12-14-21)10-9-15-32(7)8)29-22(16-23(34)35-28(4,5)6)26-31-30-19(3)33(26)27/h11-14,22H,15-16H2,1-8H3. The number of hydrogen-bond donors (Lipinski definition) is 0. The van der Waals surface area contributed by atoms with E-state index >= 15 is 0 Å². The summed E-state index contributed by atoms with van der Waals surface area (Å²) in [4.78, 5) is 21.3. The minimum atomic E-state index is -0.576. The number of carbonyl (C=O) groups excluding carboxylic acids is 1. The maximum Gasteiger partial charge on any atom is 0.308 e. The summed E-state index contributed by atoms with van der Waals surface area (Å²) in [5.41, 5.74) is 4.42. The molecule has 8 heteroatoms. The van der Waals surface area contributed by atoms with E-state index in [4.69, 9.17) is 9.73 Å². The van der Waals surface area contributed by atoms with Gasteiger partial charge < -0.3 is 4.74 Å². The largest absolute Gasteiger partial charge is 0.460 e. The highest BCUT2D eigenvalue weighted by Gasteiger charge is 2.33. The van der Waals surface area contributed by atoms with Gasteiger partial charge in [0.25, 0.3) is 0 Å². The molecule has 188 valence electrons. The fourth-order valence-electron chi connectivity index (χ4n) is 4.08. The predicted molar refractivity (Wildman–Crippen MR) is 144 cm³/mol. The molecule has 1 aliphatic heterocycles. The summed E-state index contributed by atoms with van der Waals surface area (Å²) in [5, 5.41) is 9.83. The SMILES string of the molecule is Cc1sc2c(c1C)C(c1ccc(C#CCN(C)C)cc1)=NC(CC(=O)OC(C)(C)C)c1nnc(C)n1-2. The Bertz CT molecular complexity index is 1380. The van der Waals surface area contributed by atoms with Crippen molar-refractivity contribution >= 4 is 23.0 Å². The van der Waals surface area contributed by atoms with E-state index in [1.165, 1.54) is 10.4 Å². The number of esters is 1. The van der Waals surface area contributed by atoms with Crippen molar-refractivity contribution in [1.82, 2.24) is 19.7 Å². The second kappa shape index (κ2) is 10.00. The first-order chi connectivity index (χ1) is 16.9. The molecule has 0 amide bonds. The number of aromatic nitrogens is 3. The van der Waals surface area contributed by atoms with Gasteiger partial charge in [0.05, 0.1) is 18.7 Å². The number of fused-ring (bicyclic) bond motifs is 3. The minimum Gasteiger partial charge on any atom is -0.460 e. The summed E-state index contributed by atoms with van der Waals surface area (Å²) in [6.45, 7) is 12.5. The van der Waals surface area contributed by atoms with E-state index in [0.29, 0.717) is 12.4 Å². The molecular formula is C28H33N5O2S. The highest BCUT2D eigenvalue weighted by Crippen LogP contribution is 2.39. The number of aliphatic imine (C=N–C) groups is 1. The van der Waals surface area contributed by atoms with Gasteiger partial charge in [0.1, 0.15) is 22.5 Å². The van der Waals surface area contributed by atoms with Gasteiger partial charge in [-0.3, -0.25) is 19.3 Å². The Labute approximate surface area is 217 Å². The smallest absolute Gasteiger partial charge is 0.308 e. The van der Waals surface area contributed by atoms with Crippen molar-refractivity contribution in [3.63, 3.8) is 0 Å². The van der Waals surface area contributed by atoms with E-state index in [0.717, 1.165) is 33.2 Å². The number of carbonyl (C=O) groups is 1. The second-order valence-electron chi connectivity index (χ2n) is 10.3. The Kier molecular flexibility index (Phi) is 7.17. The van der Waals surface area contributed by atoms with Crippen LogP contribution in [0.2, 0.25) is 0 Å². The number of ether oxygens (including phenoxy) is 1. The number of hydrogen-bond acceptors (Lipinski definition) is 7. The molecule has 0 N–H and O–H groups in total. The Balaban J connectivity index is 1.82. The fourth-order valence-corrected chi connectivity index (χ4v) is 5.29. The highest BCUT2D eigenvalue weighted by molar-refractivity contribution is 7.15. The van der Waals surface area contributed by atoms with Crippen LogP contribution in [0.25, 0.3) is 5.00 Å². The maximum atomic E-state index is 12.9. The Morgan fingerprint density at radius 3 is 2.47 bits per heavy atom. The van der Waals surface area contributed by atoms with E-state index in [1.54, 1.807) is 11.3 Å². The molecule has 1 aliphatic rings. The molecule has 1 atom stereocenters. The van der Waals surface area contributed by atoms with Crippen LogP contribution in [0.1, 0.15) is 72.0 Å². The lowest BCUT2D eigenvalue weighted by molar-refractivity contribution is -0.155. The van der Waals surface area contributed by atoms with Gasteiger partial charge in [-0.25, -0.2) is 0 Å². The molecule has 36 heavy (non-hydrogen) atoms. The molecule has 0 saturated carbocycles. The molecule has 0 aliphatic carbocycles. The number of benzene rings is 1. The summed E-state index contributed by atoms with van der Waals surface area (Å²) in [5.74, 6) is 7.50. The van der Waals surface area contributed by atoms with E-state index in [-0.39, 0.29) is 12.4 Å². The third kappa shape index (κ3) is 5.43. The average Bonchev–Trinajstić information content (AvgIpc) is 3.25. The van der Waals surface area contributed by atoms with E-state index in [1.807, 2.05) is 63.4 Å². The Hall–Kier alpha value is -3.28. The lowest BCUT2D eigenvalue weighted by Crippen LogP contribution is -2.25. The van der Waals surface area contributed by atoms with Crippen molar-refractivity contribution in [1.29, 1.82) is 0 Å². The van der Waals surface area contributed by atoms with Crippen LogP contribution in [-0.2, 0) is 9.53 Å². The average molecular weight is 504 g/mol. The van der Waals surface area contributed by atoms with Gasteiger partial charge >= 0.3 is 5.97 Å². The zero-order chi connectivity index (χ0) is 26.2. The number of thiophene rings is 1. The zero-order valence-corrected chi connectivity index (χ0v) is 23.1. The van der Waals surface area contributed by atoms with Crippen molar-refractivity contribution in [2.24, 2.45) is 4.99 Å². The summed E-state index contributed by atoms with van der Waals surface area (Å²) in [7, 11) is 4.00. The van der Waals surface area contributed by atoms with E-state index in [2.05, 4.69) is 48.0 Å². The first-order valence-electron chi connectivity index (χ1n) is 12.0. The van der Waals surface area contributed by atoms with Gasteiger partial charge in [0.2, 0.25) is 0 Å². The molecule has 0 bridgehead atoms. The lowest BCUT2D eigenvalue weighted by atomic mass is 9.98. The van der Waals surface area contributed by atoms with Crippen LogP contribution in [-0.4, -0.2) is 57.6 Å². The van der Waals surface area contributed by atoms with Crippen LogP contribution in [0.3, 0.4) is 0 Å². The molecule has 0 fully saturated rings. The van der Waals surface area contributed by atoms with E-state index < -0.39 is 11.6 Å². The third-order valence-corrected chi connectivity index (χ3v) is 7.00. The van der Waals surface area contributed by atoms with Crippen molar-refractivity contribution in [3.05, 3.63) is 63.0 Å². The molecule has 1 unspecified atom stereocenters. The second-order valence-corrected chi connectivity index (χ2v) is 11.5. The number of nitrogens with zero attached hydrogens (tertiary/aromatic N) is 5. The number of aryl methyl sites for hydroxylation is 2. The Morgan fingerprint density at radius 1 is 1.14 bits per heavy atom. The monoisotopic (exact) mass is 503 g/mol. The van der Waals surface area contributed by atoms with Crippen LogP contribution < -0.4 is 0 Å². The quantitative estimate of drug-likeness (QED) is 0.378. The zero-order valence-electron chi connectivity index (χ0n) is 22.3. The lowest BCUT2D eigenvalue weighted by Gasteiger charge is -2.21. The normalized spacial score (nSPS) is 14.9. The van der Waals surface area contributed by atoms with Crippen molar-refractivity contribution < 1.29 is 9.53 Å². The molecule has 0 radical (unpaired) electrons. The summed E-state index contributed by atoms with van der Waals surface area (Å²) >= 11 is 1.70. The molecule has 2 aromatic heterocycles. The first-order valence-corrected chi connectivity index (χ1v) is 12.8. The molecule has 1 aromatic carbocycles. The molecule has 3 heterocycles. The van der Waals surface area contributed by atoms with Crippen molar-refractivity contribution in [3.8, 4) is 16.8 Å². The summed E-state index contributed by atoms with van der Waals surface area (Å²) in [6, 6.07) is 7.63. The Morgan fingerprint density at radius 2 is 1.83 bits per heavy atom. The van der Waals surface area contributed by atoms with Gasteiger partial charge in [-0.05, 0) is 73.3 Å². The van der Waals surface area contributed by atoms with Crippen molar-refractivity contribution in [2.45, 2.75) is 59.6 Å². The predicted octanol–water partition coefficient (Wildman–Crippen LogP) is 4.79. The number of rotatable bonds is 4. The molecule has 0 spiro atoms. The highest BCUT2D eigenvalue weighted by atomic mass is 32.1. The molecule has 3 aromatic rings. The van der Waals surface area contributed by atoms with Gasteiger partial charge in [0, 0.05) is 21.6 Å². The summed E-state index contributed by atoms with van der Waals surface area (Å²) in [6.07, 6.45) is 0.0833. The van der Waals surface area contributed by atoms with Crippen LogP contribution in [0.5, 0.6) is 0 Å². The van der Waals surface area contributed by atoms with Crippen LogP contribution in [0.15, 0.2) is 29.3 Å². The van der Waals surface area contributed by atoms with Crippen LogP contribution in [0, 0.1) is 32.6 Å². The maximum absolute atomic E-state index is 12.9. The van der Waals surface area contributed by atoms with Gasteiger partial charge in [-0.1, -0.05) is 24.0 Å². The van der Waals surface area contributed by atoms with Crippen LogP contribution >= 0.6 is 11.3 Å². The van der Waals surface area contributed by atoms with Gasteiger partial charge in [0.15, 0.2) is 5.82 Å². The molecule has 4 rings (SSSR count). The summed E-state index contributed by atoms with van der Waals surface area (Å²) < 4.78 is 7.68.